The number of carbonyl (C=O) groups is 2. The lowest BCUT2D eigenvalue weighted by Crippen LogP contribution is -2.33. The van der Waals surface area contributed by atoms with Crippen LogP contribution in [-0.2, 0) is 16.0 Å². The quantitative estimate of drug-likeness (QED) is 0.682. The molecule has 1 aliphatic rings. The predicted octanol–water partition coefficient (Wildman–Crippen LogP) is 3.38. The van der Waals surface area contributed by atoms with Gasteiger partial charge in [0, 0.05) is 11.9 Å². The number of thiazole rings is 1. The van der Waals surface area contributed by atoms with Crippen molar-refractivity contribution in [3.05, 3.63) is 29.3 Å². The highest BCUT2D eigenvalue weighted by molar-refractivity contribution is 7.13. The van der Waals surface area contributed by atoms with Gasteiger partial charge in [-0.25, -0.2) is 4.98 Å². The van der Waals surface area contributed by atoms with E-state index in [1.165, 1.54) is 11.3 Å². The summed E-state index contributed by atoms with van der Waals surface area (Å²) in [7, 11) is 3.18. The third-order valence-electron chi connectivity index (χ3n) is 5.31. The van der Waals surface area contributed by atoms with Crippen LogP contribution in [0.3, 0.4) is 0 Å². The van der Waals surface area contributed by atoms with Crippen molar-refractivity contribution in [2.45, 2.75) is 32.1 Å². The summed E-state index contributed by atoms with van der Waals surface area (Å²) in [4.78, 5) is 27.9. The largest absolute Gasteiger partial charge is 0.493 e. The highest BCUT2D eigenvalue weighted by Crippen LogP contribution is 2.39. The molecule has 1 fully saturated rings. The van der Waals surface area contributed by atoms with Crippen LogP contribution in [0.15, 0.2) is 23.6 Å². The predicted molar refractivity (Wildman–Crippen MR) is 110 cm³/mol. The Morgan fingerprint density at radius 3 is 2.62 bits per heavy atom. The molecule has 29 heavy (non-hydrogen) atoms. The first kappa shape index (κ1) is 21.1. The van der Waals surface area contributed by atoms with Crippen molar-refractivity contribution < 1.29 is 24.2 Å². The lowest BCUT2D eigenvalue weighted by molar-refractivity contribution is -0.143. The number of carboxylic acid groups (broad SMARTS) is 1. The molecule has 0 radical (unpaired) electrons. The van der Waals surface area contributed by atoms with Gasteiger partial charge < -0.3 is 19.9 Å². The van der Waals surface area contributed by atoms with Crippen LogP contribution >= 0.6 is 11.3 Å². The SMILES string of the molecule is COc1cccc(-c2nc(CC(=O)NCC3CCC(C(=O)O)CC3)cs2)c1OC. The summed E-state index contributed by atoms with van der Waals surface area (Å²) in [5.74, 6) is 0.597. The summed E-state index contributed by atoms with van der Waals surface area (Å²) in [6.45, 7) is 0.589. The Kier molecular flexibility index (Phi) is 7.09. The number of ether oxygens (including phenoxy) is 2. The molecule has 0 spiro atoms. The van der Waals surface area contributed by atoms with E-state index in [4.69, 9.17) is 14.6 Å². The number of para-hydroxylation sites is 1. The van der Waals surface area contributed by atoms with Crippen molar-refractivity contribution in [2.75, 3.05) is 20.8 Å². The Morgan fingerprint density at radius 1 is 1.21 bits per heavy atom. The van der Waals surface area contributed by atoms with Crippen LogP contribution in [0.4, 0.5) is 0 Å². The Bertz CT molecular complexity index is 859. The van der Waals surface area contributed by atoms with E-state index in [0.717, 1.165) is 23.4 Å². The van der Waals surface area contributed by atoms with Crippen LogP contribution in [0.5, 0.6) is 11.5 Å². The number of amides is 1. The highest BCUT2D eigenvalue weighted by atomic mass is 32.1. The normalized spacial score (nSPS) is 18.8. The molecule has 0 aliphatic heterocycles. The van der Waals surface area contributed by atoms with Gasteiger partial charge in [-0.3, -0.25) is 9.59 Å². The molecule has 1 aromatic heterocycles. The number of methoxy groups -OCH3 is 2. The number of hydrogen-bond donors (Lipinski definition) is 2. The molecule has 7 nitrogen and oxygen atoms in total. The molecule has 2 N–H and O–H groups in total. The molecule has 1 aliphatic carbocycles. The van der Waals surface area contributed by atoms with E-state index in [-0.39, 0.29) is 18.2 Å². The van der Waals surface area contributed by atoms with Crippen LogP contribution in [0.25, 0.3) is 10.6 Å². The topological polar surface area (TPSA) is 97.8 Å². The van der Waals surface area contributed by atoms with E-state index in [0.29, 0.717) is 42.5 Å². The molecule has 0 atom stereocenters. The number of aromatic nitrogens is 1. The van der Waals surface area contributed by atoms with Gasteiger partial charge in [-0.1, -0.05) is 6.07 Å². The van der Waals surface area contributed by atoms with E-state index in [1.54, 1.807) is 14.2 Å². The number of nitrogens with zero attached hydrogens (tertiary/aromatic N) is 1. The van der Waals surface area contributed by atoms with Crippen LogP contribution in [0.1, 0.15) is 31.4 Å². The van der Waals surface area contributed by atoms with Crippen molar-refractivity contribution in [1.82, 2.24) is 10.3 Å². The number of rotatable bonds is 8. The first-order chi connectivity index (χ1) is 14.0. The molecule has 0 saturated heterocycles. The molecule has 0 unspecified atom stereocenters. The summed E-state index contributed by atoms with van der Waals surface area (Å²) in [5, 5.41) is 14.7. The van der Waals surface area contributed by atoms with Crippen molar-refractivity contribution in [1.29, 1.82) is 0 Å². The standard InChI is InChI=1S/C21H26N2O5S/c1-27-17-5-3-4-16(19(17)28-2)20-23-15(12-29-20)10-18(24)22-11-13-6-8-14(9-7-13)21(25)26/h3-5,12-14H,6-11H2,1-2H3,(H,22,24)(H,25,26). The fourth-order valence-corrected chi connectivity index (χ4v) is 4.51. The van der Waals surface area contributed by atoms with Crippen molar-refractivity contribution in [3.8, 4) is 22.1 Å². The van der Waals surface area contributed by atoms with Gasteiger partial charge >= 0.3 is 5.97 Å². The van der Waals surface area contributed by atoms with Crippen molar-refractivity contribution in [3.63, 3.8) is 0 Å². The Balaban J connectivity index is 1.54. The minimum atomic E-state index is -0.709. The monoisotopic (exact) mass is 418 g/mol. The van der Waals surface area contributed by atoms with Gasteiger partial charge in [0.05, 0.1) is 37.8 Å². The van der Waals surface area contributed by atoms with Gasteiger partial charge in [-0.15, -0.1) is 11.3 Å². The zero-order valence-electron chi connectivity index (χ0n) is 16.6. The Labute approximate surface area is 174 Å². The minimum absolute atomic E-state index is 0.0696. The summed E-state index contributed by atoms with van der Waals surface area (Å²) in [5.41, 5.74) is 1.54. The zero-order chi connectivity index (χ0) is 20.8. The number of benzene rings is 1. The number of hydrogen-bond acceptors (Lipinski definition) is 6. The summed E-state index contributed by atoms with van der Waals surface area (Å²) in [6, 6.07) is 5.62. The third kappa shape index (κ3) is 5.26. The van der Waals surface area contributed by atoms with Gasteiger partial charge in [-0.05, 0) is 43.7 Å². The molecule has 1 heterocycles. The first-order valence-corrected chi connectivity index (χ1v) is 10.5. The summed E-state index contributed by atoms with van der Waals surface area (Å²) in [6.07, 6.45) is 3.27. The van der Waals surface area contributed by atoms with Crippen molar-refractivity contribution in [2.24, 2.45) is 11.8 Å². The van der Waals surface area contributed by atoms with Crippen LogP contribution in [-0.4, -0.2) is 42.7 Å². The van der Waals surface area contributed by atoms with Crippen LogP contribution < -0.4 is 14.8 Å². The van der Waals surface area contributed by atoms with E-state index >= 15 is 0 Å². The highest BCUT2D eigenvalue weighted by Gasteiger charge is 2.26. The fourth-order valence-electron chi connectivity index (χ4n) is 3.67. The average Bonchev–Trinajstić information content (AvgIpc) is 3.20. The molecule has 1 saturated carbocycles. The van der Waals surface area contributed by atoms with Crippen LogP contribution in [0, 0.1) is 11.8 Å². The van der Waals surface area contributed by atoms with E-state index < -0.39 is 5.97 Å². The van der Waals surface area contributed by atoms with Crippen molar-refractivity contribution >= 4 is 23.2 Å². The summed E-state index contributed by atoms with van der Waals surface area (Å²) >= 11 is 1.46. The maximum atomic E-state index is 12.3. The maximum Gasteiger partial charge on any atom is 0.306 e. The van der Waals surface area contributed by atoms with Gasteiger partial charge in [0.15, 0.2) is 11.5 Å². The molecular formula is C21H26N2O5S. The fraction of sp³-hybridized carbons (Fsp3) is 0.476. The molecule has 156 valence electrons. The summed E-state index contributed by atoms with van der Waals surface area (Å²) < 4.78 is 10.8. The first-order valence-electron chi connectivity index (χ1n) is 9.67. The number of nitrogens with one attached hydrogen (secondary N) is 1. The van der Waals surface area contributed by atoms with E-state index in [2.05, 4.69) is 10.3 Å². The second kappa shape index (κ2) is 9.73. The molecule has 8 heteroatoms. The molecule has 2 aromatic rings. The van der Waals surface area contributed by atoms with Gasteiger partial charge in [0.25, 0.3) is 0 Å². The molecule has 1 aromatic carbocycles. The number of carbonyl (C=O) groups excluding carboxylic acids is 1. The lowest BCUT2D eigenvalue weighted by atomic mass is 9.82. The zero-order valence-corrected chi connectivity index (χ0v) is 17.5. The van der Waals surface area contributed by atoms with Gasteiger partial charge in [0.2, 0.25) is 5.91 Å². The average molecular weight is 419 g/mol. The number of carboxylic acids is 1. The number of aliphatic carboxylic acids is 1. The molecule has 3 rings (SSSR count). The maximum absolute atomic E-state index is 12.3. The molecule has 1 amide bonds. The Morgan fingerprint density at radius 2 is 1.97 bits per heavy atom. The second-order valence-electron chi connectivity index (χ2n) is 7.22. The smallest absolute Gasteiger partial charge is 0.306 e. The second-order valence-corrected chi connectivity index (χ2v) is 8.08. The minimum Gasteiger partial charge on any atom is -0.493 e. The Hall–Kier alpha value is -2.61. The van der Waals surface area contributed by atoms with E-state index in [9.17, 15) is 9.59 Å². The molecule has 0 bridgehead atoms. The molecular weight excluding hydrogens is 392 g/mol. The van der Waals surface area contributed by atoms with Gasteiger partial charge in [0.1, 0.15) is 5.01 Å². The lowest BCUT2D eigenvalue weighted by Gasteiger charge is -2.26. The van der Waals surface area contributed by atoms with Gasteiger partial charge in [-0.2, -0.15) is 0 Å². The third-order valence-corrected chi connectivity index (χ3v) is 6.24. The van der Waals surface area contributed by atoms with Crippen LogP contribution in [0.2, 0.25) is 0 Å². The van der Waals surface area contributed by atoms with E-state index in [1.807, 2.05) is 23.6 Å².